The van der Waals surface area contributed by atoms with Crippen LogP contribution in [0.4, 0.5) is 0 Å². The molecule has 0 spiro atoms. The van der Waals surface area contributed by atoms with Crippen molar-refractivity contribution in [3.05, 3.63) is 31.8 Å². The third-order valence-electron chi connectivity index (χ3n) is 2.64. The Kier molecular flexibility index (Phi) is 6.26. The lowest BCUT2D eigenvalue weighted by Crippen LogP contribution is -2.40. The van der Waals surface area contributed by atoms with Gasteiger partial charge in [-0.1, -0.05) is 29.8 Å². The lowest BCUT2D eigenvalue weighted by atomic mass is 9.93. The minimum Gasteiger partial charge on any atom is -0.351 e. The number of carbonyl (C=O) groups excluding carboxylic acids is 1. The summed E-state index contributed by atoms with van der Waals surface area (Å²) in [5, 5.41) is 3.02. The van der Waals surface area contributed by atoms with Gasteiger partial charge in [0, 0.05) is 21.1 Å². The molecule has 0 saturated heterocycles. The van der Waals surface area contributed by atoms with Gasteiger partial charge in [0.2, 0.25) is 0 Å². The van der Waals surface area contributed by atoms with Gasteiger partial charge in [0.05, 0.1) is 5.56 Å². The van der Waals surface area contributed by atoms with E-state index in [4.69, 9.17) is 0 Å². The van der Waals surface area contributed by atoms with E-state index in [-0.39, 0.29) is 11.3 Å². The Hall–Kier alpha value is -0.140. The van der Waals surface area contributed by atoms with E-state index >= 15 is 0 Å². The first-order valence-electron chi connectivity index (χ1n) is 6.09. The Morgan fingerprint density at radius 3 is 2.63 bits per heavy atom. The quantitative estimate of drug-likeness (QED) is 0.714. The third kappa shape index (κ3) is 5.79. The molecular formula is C14H20BrIN2O. The maximum absolute atomic E-state index is 12.2. The summed E-state index contributed by atoms with van der Waals surface area (Å²) in [6, 6.07) is 5.73. The number of halogens is 2. The van der Waals surface area contributed by atoms with Crippen molar-refractivity contribution in [1.29, 1.82) is 0 Å². The van der Waals surface area contributed by atoms with Crippen LogP contribution in [0.2, 0.25) is 0 Å². The highest BCUT2D eigenvalue weighted by molar-refractivity contribution is 14.1. The molecule has 1 rings (SSSR count). The van der Waals surface area contributed by atoms with Crippen molar-refractivity contribution in [2.45, 2.75) is 13.8 Å². The molecule has 1 amide bonds. The van der Waals surface area contributed by atoms with Gasteiger partial charge in [-0.05, 0) is 60.3 Å². The van der Waals surface area contributed by atoms with Gasteiger partial charge in [-0.25, -0.2) is 0 Å². The fourth-order valence-corrected chi connectivity index (χ4v) is 2.94. The molecule has 0 aromatic heterocycles. The van der Waals surface area contributed by atoms with Gasteiger partial charge in [-0.2, -0.15) is 0 Å². The normalized spacial score (nSPS) is 11.7. The Bertz CT molecular complexity index is 461. The molecule has 5 heteroatoms. The van der Waals surface area contributed by atoms with Crippen molar-refractivity contribution in [3.63, 3.8) is 0 Å². The zero-order chi connectivity index (χ0) is 14.6. The molecule has 1 aromatic carbocycles. The van der Waals surface area contributed by atoms with Gasteiger partial charge >= 0.3 is 0 Å². The molecule has 1 N–H and O–H groups in total. The van der Waals surface area contributed by atoms with Gasteiger partial charge < -0.3 is 10.2 Å². The summed E-state index contributed by atoms with van der Waals surface area (Å²) in [6.45, 7) is 5.90. The molecular weight excluding hydrogens is 419 g/mol. The molecule has 0 aliphatic rings. The number of nitrogens with one attached hydrogen (secondary N) is 1. The highest BCUT2D eigenvalue weighted by atomic mass is 127. The van der Waals surface area contributed by atoms with Gasteiger partial charge in [0.15, 0.2) is 0 Å². The minimum atomic E-state index is -0.0162. The highest BCUT2D eigenvalue weighted by Gasteiger charge is 2.20. The fourth-order valence-electron chi connectivity index (χ4n) is 2.00. The van der Waals surface area contributed by atoms with Crippen molar-refractivity contribution in [3.8, 4) is 0 Å². The van der Waals surface area contributed by atoms with E-state index < -0.39 is 0 Å². The van der Waals surface area contributed by atoms with Gasteiger partial charge in [0.1, 0.15) is 0 Å². The van der Waals surface area contributed by atoms with E-state index in [1.54, 1.807) is 0 Å². The van der Waals surface area contributed by atoms with E-state index in [1.165, 1.54) is 0 Å². The Balaban J connectivity index is 2.68. The lowest BCUT2D eigenvalue weighted by Gasteiger charge is -2.28. The van der Waals surface area contributed by atoms with Crippen molar-refractivity contribution in [1.82, 2.24) is 10.2 Å². The summed E-state index contributed by atoms with van der Waals surface area (Å²) in [5.74, 6) is -0.0162. The number of amides is 1. The molecule has 19 heavy (non-hydrogen) atoms. The molecule has 0 saturated carbocycles. The summed E-state index contributed by atoms with van der Waals surface area (Å²) >= 11 is 5.58. The smallest absolute Gasteiger partial charge is 0.252 e. The van der Waals surface area contributed by atoms with E-state index in [0.717, 1.165) is 20.2 Å². The minimum absolute atomic E-state index is 0.0162. The number of hydrogen-bond donors (Lipinski definition) is 1. The Labute approximate surface area is 137 Å². The average molecular weight is 439 g/mol. The second-order valence-corrected chi connectivity index (χ2v) is 7.79. The second kappa shape index (κ2) is 7.04. The molecule has 0 fully saturated rings. The number of hydrogen-bond acceptors (Lipinski definition) is 2. The van der Waals surface area contributed by atoms with Crippen molar-refractivity contribution < 1.29 is 4.79 Å². The topological polar surface area (TPSA) is 32.3 Å². The molecule has 0 radical (unpaired) electrons. The molecule has 1 aromatic rings. The summed E-state index contributed by atoms with van der Waals surface area (Å²) in [5.41, 5.74) is 0.770. The van der Waals surface area contributed by atoms with Crippen molar-refractivity contribution in [2.24, 2.45) is 5.41 Å². The van der Waals surface area contributed by atoms with Gasteiger partial charge in [-0.3, -0.25) is 4.79 Å². The standard InChI is InChI=1S/C14H20BrIN2O/c1-14(2,9-18(3)4)8-17-13(19)11-7-10(15)5-6-12(11)16/h5-7H,8-9H2,1-4H3,(H,17,19). The fraction of sp³-hybridized carbons (Fsp3) is 0.500. The molecule has 0 aliphatic heterocycles. The zero-order valence-corrected chi connectivity index (χ0v) is 15.5. The predicted octanol–water partition coefficient (Wildman–Crippen LogP) is 3.37. The molecule has 0 unspecified atom stereocenters. The molecule has 106 valence electrons. The van der Waals surface area contributed by atoms with E-state index in [2.05, 4.69) is 62.6 Å². The number of rotatable bonds is 5. The molecule has 0 atom stereocenters. The number of carbonyl (C=O) groups is 1. The SMILES string of the molecule is CN(C)CC(C)(C)CNC(=O)c1cc(Br)ccc1I. The molecule has 0 heterocycles. The van der Waals surface area contributed by atoms with Crippen LogP contribution in [0.1, 0.15) is 24.2 Å². The van der Waals surface area contributed by atoms with Crippen LogP contribution < -0.4 is 5.32 Å². The first kappa shape index (κ1) is 16.9. The van der Waals surface area contributed by atoms with Crippen LogP contribution in [0.3, 0.4) is 0 Å². The van der Waals surface area contributed by atoms with Crippen LogP contribution in [0.15, 0.2) is 22.7 Å². The highest BCUT2D eigenvalue weighted by Crippen LogP contribution is 2.19. The van der Waals surface area contributed by atoms with Crippen LogP contribution >= 0.6 is 38.5 Å². The van der Waals surface area contributed by atoms with Gasteiger partial charge in [0.25, 0.3) is 5.91 Å². The van der Waals surface area contributed by atoms with Crippen LogP contribution in [0, 0.1) is 8.99 Å². The first-order valence-corrected chi connectivity index (χ1v) is 7.96. The van der Waals surface area contributed by atoms with Crippen molar-refractivity contribution in [2.75, 3.05) is 27.2 Å². The van der Waals surface area contributed by atoms with Crippen LogP contribution in [0.25, 0.3) is 0 Å². The maximum Gasteiger partial charge on any atom is 0.252 e. The first-order chi connectivity index (χ1) is 8.71. The van der Waals surface area contributed by atoms with E-state index in [1.807, 2.05) is 32.3 Å². The molecule has 3 nitrogen and oxygen atoms in total. The molecule has 0 aliphatic carbocycles. The summed E-state index contributed by atoms with van der Waals surface area (Å²) in [7, 11) is 4.08. The summed E-state index contributed by atoms with van der Waals surface area (Å²) in [4.78, 5) is 14.3. The Morgan fingerprint density at radius 1 is 1.42 bits per heavy atom. The zero-order valence-electron chi connectivity index (χ0n) is 11.8. The Morgan fingerprint density at radius 2 is 2.05 bits per heavy atom. The maximum atomic E-state index is 12.2. The number of nitrogens with zero attached hydrogens (tertiary/aromatic N) is 1. The average Bonchev–Trinajstić information content (AvgIpc) is 2.27. The largest absolute Gasteiger partial charge is 0.351 e. The molecule has 0 bridgehead atoms. The third-order valence-corrected chi connectivity index (χ3v) is 4.08. The lowest BCUT2D eigenvalue weighted by molar-refractivity contribution is 0.0928. The van der Waals surface area contributed by atoms with Crippen LogP contribution in [-0.4, -0.2) is 38.0 Å². The summed E-state index contributed by atoms with van der Waals surface area (Å²) < 4.78 is 1.88. The summed E-state index contributed by atoms with van der Waals surface area (Å²) in [6.07, 6.45) is 0. The van der Waals surface area contributed by atoms with E-state index in [9.17, 15) is 4.79 Å². The monoisotopic (exact) mass is 438 g/mol. The second-order valence-electron chi connectivity index (χ2n) is 5.71. The van der Waals surface area contributed by atoms with Crippen LogP contribution in [-0.2, 0) is 0 Å². The predicted molar refractivity (Wildman–Crippen MR) is 91.5 cm³/mol. The van der Waals surface area contributed by atoms with Gasteiger partial charge in [-0.15, -0.1) is 0 Å². The van der Waals surface area contributed by atoms with E-state index in [0.29, 0.717) is 6.54 Å². The van der Waals surface area contributed by atoms with Crippen molar-refractivity contribution >= 4 is 44.4 Å². The van der Waals surface area contributed by atoms with Crippen LogP contribution in [0.5, 0.6) is 0 Å². The number of benzene rings is 1.